The van der Waals surface area contributed by atoms with Crippen molar-refractivity contribution in [3.8, 4) is 5.75 Å². The molecule has 2 N–H and O–H groups in total. The quantitative estimate of drug-likeness (QED) is 0.517. The van der Waals surface area contributed by atoms with Gasteiger partial charge in [-0.3, -0.25) is 9.59 Å². The predicted octanol–water partition coefficient (Wildman–Crippen LogP) is 2.45. The fraction of sp³-hybridized carbons (Fsp3) is 0.348. The van der Waals surface area contributed by atoms with Gasteiger partial charge >= 0.3 is 5.97 Å². The van der Waals surface area contributed by atoms with E-state index in [0.717, 1.165) is 5.56 Å². The lowest BCUT2D eigenvalue weighted by atomic mass is 10.0. The van der Waals surface area contributed by atoms with E-state index in [-0.39, 0.29) is 6.42 Å². The average Bonchev–Trinajstić information content (AvgIpc) is 2.81. The maximum Gasteiger partial charge on any atom is 0.328 e. The summed E-state index contributed by atoms with van der Waals surface area (Å²) in [5, 5.41) is 5.52. The highest BCUT2D eigenvalue weighted by Crippen LogP contribution is 2.12. The van der Waals surface area contributed by atoms with Gasteiger partial charge in [0.15, 0.2) is 0 Å². The van der Waals surface area contributed by atoms with Crippen molar-refractivity contribution < 1.29 is 23.9 Å². The Morgan fingerprint density at radius 3 is 2.19 bits per heavy atom. The molecule has 2 aromatic carbocycles. The molecule has 0 aliphatic rings. The molecule has 0 bridgehead atoms. The van der Waals surface area contributed by atoms with Gasteiger partial charge < -0.3 is 20.1 Å². The van der Waals surface area contributed by atoms with E-state index in [0.29, 0.717) is 23.5 Å². The molecule has 0 aromatic heterocycles. The molecule has 0 saturated heterocycles. The molecule has 7 nitrogen and oxygen atoms in total. The summed E-state index contributed by atoms with van der Waals surface area (Å²) < 4.78 is 9.93. The summed E-state index contributed by atoms with van der Waals surface area (Å²) >= 11 is 1.57. The topological polar surface area (TPSA) is 93.7 Å². The SMILES string of the molecule is COC(=O)[C@H](CCSC)NC(=O)[C@H](Cc1ccccc1)NC(=O)c1ccc(OC)cc1. The number of amides is 2. The maximum atomic E-state index is 13.0. The van der Waals surface area contributed by atoms with Crippen LogP contribution in [0.1, 0.15) is 22.3 Å². The second-order valence-corrected chi connectivity index (χ2v) is 7.80. The Morgan fingerprint density at radius 2 is 1.61 bits per heavy atom. The molecule has 31 heavy (non-hydrogen) atoms. The minimum Gasteiger partial charge on any atom is -0.497 e. The number of carbonyl (C=O) groups excluding carboxylic acids is 3. The van der Waals surface area contributed by atoms with Gasteiger partial charge in [0.2, 0.25) is 5.91 Å². The van der Waals surface area contributed by atoms with Gasteiger partial charge in [-0.15, -0.1) is 0 Å². The summed E-state index contributed by atoms with van der Waals surface area (Å²) in [6.07, 6.45) is 2.64. The summed E-state index contributed by atoms with van der Waals surface area (Å²) in [5.41, 5.74) is 1.29. The molecule has 0 heterocycles. The monoisotopic (exact) mass is 444 g/mol. The Hall–Kier alpha value is -3.00. The summed E-state index contributed by atoms with van der Waals surface area (Å²) in [5.74, 6) is -0.0337. The van der Waals surface area contributed by atoms with E-state index in [4.69, 9.17) is 9.47 Å². The summed E-state index contributed by atoms with van der Waals surface area (Å²) in [6.45, 7) is 0. The van der Waals surface area contributed by atoms with Crippen LogP contribution in [0.15, 0.2) is 54.6 Å². The highest BCUT2D eigenvalue weighted by atomic mass is 32.2. The van der Waals surface area contributed by atoms with E-state index in [1.165, 1.54) is 7.11 Å². The molecule has 2 amide bonds. The van der Waals surface area contributed by atoms with E-state index < -0.39 is 29.9 Å². The van der Waals surface area contributed by atoms with Gasteiger partial charge in [0.05, 0.1) is 14.2 Å². The molecule has 0 aliphatic heterocycles. The highest BCUT2D eigenvalue weighted by Gasteiger charge is 2.27. The van der Waals surface area contributed by atoms with Crippen molar-refractivity contribution in [2.45, 2.75) is 24.9 Å². The minimum atomic E-state index is -0.863. The Morgan fingerprint density at radius 1 is 0.935 bits per heavy atom. The molecule has 0 fully saturated rings. The number of rotatable bonds is 11. The third-order valence-electron chi connectivity index (χ3n) is 4.67. The van der Waals surface area contributed by atoms with E-state index in [1.807, 2.05) is 36.6 Å². The third-order valence-corrected chi connectivity index (χ3v) is 5.31. The van der Waals surface area contributed by atoms with Crippen LogP contribution in [0.25, 0.3) is 0 Å². The summed E-state index contributed by atoms with van der Waals surface area (Å²) in [7, 11) is 2.83. The number of methoxy groups -OCH3 is 2. The zero-order valence-electron chi connectivity index (χ0n) is 17.9. The first-order valence-electron chi connectivity index (χ1n) is 9.84. The largest absolute Gasteiger partial charge is 0.497 e. The molecular formula is C23H28N2O5S. The Balaban J connectivity index is 2.18. The lowest BCUT2D eigenvalue weighted by Crippen LogP contribution is -2.52. The van der Waals surface area contributed by atoms with Gasteiger partial charge in [0.25, 0.3) is 5.91 Å². The Kier molecular flexibility index (Phi) is 9.90. The van der Waals surface area contributed by atoms with Crippen molar-refractivity contribution >= 4 is 29.5 Å². The van der Waals surface area contributed by atoms with Crippen LogP contribution in [-0.4, -0.2) is 56.1 Å². The Labute approximate surface area is 186 Å². The molecular weight excluding hydrogens is 416 g/mol. The van der Waals surface area contributed by atoms with E-state index >= 15 is 0 Å². The van der Waals surface area contributed by atoms with Crippen molar-refractivity contribution in [1.82, 2.24) is 10.6 Å². The lowest BCUT2D eigenvalue weighted by Gasteiger charge is -2.22. The standard InChI is InChI=1S/C23H28N2O5S/c1-29-18-11-9-17(10-12-18)21(26)25-20(15-16-7-5-4-6-8-16)22(27)24-19(13-14-31-3)23(28)30-2/h4-12,19-20H,13-15H2,1-3H3,(H,24,27)(H,25,26)/t19-,20-/m0/s1. The molecule has 0 saturated carbocycles. The molecule has 0 radical (unpaired) electrons. The molecule has 8 heteroatoms. The molecule has 2 atom stereocenters. The van der Waals surface area contributed by atoms with Gasteiger partial charge in [0, 0.05) is 12.0 Å². The Bertz CT molecular complexity index is 858. The van der Waals surface area contributed by atoms with Gasteiger partial charge in [0.1, 0.15) is 17.8 Å². The zero-order chi connectivity index (χ0) is 22.6. The molecule has 2 aromatic rings. The average molecular weight is 445 g/mol. The van der Waals surface area contributed by atoms with Crippen LogP contribution in [0.4, 0.5) is 0 Å². The third kappa shape index (κ3) is 7.64. The number of hydrogen-bond acceptors (Lipinski definition) is 6. The first-order chi connectivity index (χ1) is 15.0. The van der Waals surface area contributed by atoms with Crippen LogP contribution >= 0.6 is 11.8 Å². The minimum absolute atomic E-state index is 0.283. The molecule has 0 aliphatic carbocycles. The number of benzene rings is 2. The number of thioether (sulfide) groups is 1. The zero-order valence-corrected chi connectivity index (χ0v) is 18.7. The lowest BCUT2D eigenvalue weighted by molar-refractivity contribution is -0.145. The van der Waals surface area contributed by atoms with Crippen molar-refractivity contribution in [2.24, 2.45) is 0 Å². The van der Waals surface area contributed by atoms with E-state index in [9.17, 15) is 14.4 Å². The van der Waals surface area contributed by atoms with Crippen LogP contribution < -0.4 is 15.4 Å². The van der Waals surface area contributed by atoms with Crippen LogP contribution in [0, 0.1) is 0 Å². The van der Waals surface area contributed by atoms with Gasteiger partial charge in [-0.1, -0.05) is 30.3 Å². The van der Waals surface area contributed by atoms with Crippen molar-refractivity contribution in [2.75, 3.05) is 26.2 Å². The first kappa shape index (κ1) is 24.3. The molecule has 2 rings (SSSR count). The van der Waals surface area contributed by atoms with Crippen LogP contribution in [-0.2, 0) is 20.7 Å². The highest BCUT2D eigenvalue weighted by molar-refractivity contribution is 7.98. The summed E-state index contributed by atoms with van der Waals surface area (Å²) in [4.78, 5) is 37.9. The van der Waals surface area contributed by atoms with Crippen LogP contribution in [0.2, 0.25) is 0 Å². The number of hydrogen-bond donors (Lipinski definition) is 2. The van der Waals surface area contributed by atoms with E-state index in [2.05, 4.69) is 10.6 Å². The van der Waals surface area contributed by atoms with Crippen LogP contribution in [0.5, 0.6) is 5.75 Å². The van der Waals surface area contributed by atoms with E-state index in [1.54, 1.807) is 43.1 Å². The number of carbonyl (C=O) groups is 3. The van der Waals surface area contributed by atoms with Gasteiger partial charge in [-0.2, -0.15) is 11.8 Å². The van der Waals surface area contributed by atoms with Crippen molar-refractivity contribution in [1.29, 1.82) is 0 Å². The van der Waals surface area contributed by atoms with Gasteiger partial charge in [-0.05, 0) is 48.3 Å². The second kappa shape index (κ2) is 12.6. The molecule has 166 valence electrons. The normalized spacial score (nSPS) is 12.4. The van der Waals surface area contributed by atoms with Crippen LogP contribution in [0.3, 0.4) is 0 Å². The number of esters is 1. The van der Waals surface area contributed by atoms with Crippen molar-refractivity contribution in [3.63, 3.8) is 0 Å². The molecule has 0 unspecified atom stereocenters. The van der Waals surface area contributed by atoms with Gasteiger partial charge in [-0.25, -0.2) is 4.79 Å². The summed E-state index contributed by atoms with van der Waals surface area (Å²) in [6, 6.07) is 14.3. The van der Waals surface area contributed by atoms with Crippen molar-refractivity contribution in [3.05, 3.63) is 65.7 Å². The maximum absolute atomic E-state index is 13.0. The fourth-order valence-corrected chi connectivity index (χ4v) is 3.41. The predicted molar refractivity (Wildman–Crippen MR) is 121 cm³/mol. The number of nitrogens with one attached hydrogen (secondary N) is 2. The molecule has 0 spiro atoms. The second-order valence-electron chi connectivity index (χ2n) is 6.81. The first-order valence-corrected chi connectivity index (χ1v) is 11.2. The number of ether oxygens (including phenoxy) is 2. The fourth-order valence-electron chi connectivity index (χ4n) is 2.94. The smallest absolute Gasteiger partial charge is 0.328 e.